The van der Waals surface area contributed by atoms with Crippen molar-refractivity contribution < 1.29 is 4.79 Å². The minimum atomic E-state index is -0.449. The van der Waals surface area contributed by atoms with E-state index in [1.165, 1.54) is 0 Å². The third kappa shape index (κ3) is 1.89. The number of nitrogens with two attached hydrogens (primary N) is 1. The molecule has 0 heterocycles. The molecule has 0 radical (unpaired) electrons. The number of hydrogen-bond acceptors (Lipinski definition) is 1. The molecule has 64 valence electrons. The second kappa shape index (κ2) is 3.89. The summed E-state index contributed by atoms with van der Waals surface area (Å²) in [6.07, 6.45) is 0. The maximum Gasteiger partial charge on any atom is 0.249 e. The van der Waals surface area contributed by atoms with Crippen LogP contribution in [0.4, 0.5) is 0 Å². The van der Waals surface area contributed by atoms with Gasteiger partial charge >= 0.3 is 0 Å². The second-order valence-electron chi connectivity index (χ2n) is 2.09. The number of primary amides is 1. The molecule has 0 aliphatic rings. The molecule has 0 atom stereocenters. The van der Waals surface area contributed by atoms with E-state index in [-0.39, 0.29) is 0 Å². The van der Waals surface area contributed by atoms with Crippen molar-refractivity contribution in [1.82, 2.24) is 0 Å². The minimum absolute atomic E-state index is 0.449. The summed E-state index contributed by atoms with van der Waals surface area (Å²) < 4.78 is 2.34. The van der Waals surface area contributed by atoms with Crippen molar-refractivity contribution in [2.24, 2.45) is 5.73 Å². The lowest BCUT2D eigenvalue weighted by atomic mass is 10.2. The number of carbonyl (C=O) groups excluding carboxylic acids is 1. The standard InChI is InChI=1S/C7H4Br3NO/c8-4-2-1-3(7(11)12)5(9)6(4)10/h1-2H,(H2,11,12). The molecule has 0 spiro atoms. The molecule has 0 aliphatic carbocycles. The first kappa shape index (κ1) is 10.2. The number of hydrogen-bond donors (Lipinski definition) is 1. The van der Waals surface area contributed by atoms with Crippen LogP contribution in [-0.2, 0) is 0 Å². The summed E-state index contributed by atoms with van der Waals surface area (Å²) in [5.41, 5.74) is 5.59. The molecule has 2 N–H and O–H groups in total. The molecule has 0 bridgehead atoms. The highest BCUT2D eigenvalue weighted by Gasteiger charge is 2.10. The molecule has 1 aromatic carbocycles. The van der Waals surface area contributed by atoms with E-state index in [9.17, 15) is 4.79 Å². The summed E-state index contributed by atoms with van der Waals surface area (Å²) in [4.78, 5) is 10.8. The van der Waals surface area contributed by atoms with Gasteiger partial charge in [0.05, 0.1) is 5.56 Å². The van der Waals surface area contributed by atoms with Gasteiger partial charge in [-0.25, -0.2) is 0 Å². The first-order chi connectivity index (χ1) is 5.54. The van der Waals surface area contributed by atoms with Gasteiger partial charge in [0.2, 0.25) is 5.91 Å². The zero-order chi connectivity index (χ0) is 9.30. The molecular weight excluding hydrogens is 354 g/mol. The molecule has 2 nitrogen and oxygen atoms in total. The zero-order valence-electron chi connectivity index (χ0n) is 5.77. The Morgan fingerprint density at radius 2 is 1.75 bits per heavy atom. The number of rotatable bonds is 1. The van der Waals surface area contributed by atoms with Crippen LogP contribution < -0.4 is 5.73 Å². The van der Waals surface area contributed by atoms with Crippen LogP contribution in [-0.4, -0.2) is 5.91 Å². The number of carbonyl (C=O) groups is 1. The second-order valence-corrected chi connectivity index (χ2v) is 4.53. The van der Waals surface area contributed by atoms with Crippen molar-refractivity contribution in [1.29, 1.82) is 0 Å². The summed E-state index contributed by atoms with van der Waals surface area (Å²) in [5.74, 6) is -0.449. The van der Waals surface area contributed by atoms with Crippen LogP contribution in [0.1, 0.15) is 10.4 Å². The van der Waals surface area contributed by atoms with Crippen LogP contribution in [0.2, 0.25) is 0 Å². The van der Waals surface area contributed by atoms with Gasteiger partial charge in [0.15, 0.2) is 0 Å². The van der Waals surface area contributed by atoms with Gasteiger partial charge in [0, 0.05) is 13.4 Å². The third-order valence-corrected chi connectivity index (χ3v) is 4.67. The zero-order valence-corrected chi connectivity index (χ0v) is 10.5. The maximum atomic E-state index is 10.8. The minimum Gasteiger partial charge on any atom is -0.366 e. The monoisotopic (exact) mass is 355 g/mol. The predicted octanol–water partition coefficient (Wildman–Crippen LogP) is 3.07. The summed E-state index contributed by atoms with van der Waals surface area (Å²) in [7, 11) is 0. The van der Waals surface area contributed by atoms with Crippen molar-refractivity contribution in [2.75, 3.05) is 0 Å². The molecule has 12 heavy (non-hydrogen) atoms. The fourth-order valence-corrected chi connectivity index (χ4v) is 2.20. The van der Waals surface area contributed by atoms with E-state index in [1.807, 2.05) is 0 Å². The van der Waals surface area contributed by atoms with Gasteiger partial charge in [0.25, 0.3) is 0 Å². The van der Waals surface area contributed by atoms with Gasteiger partial charge in [-0.1, -0.05) is 0 Å². The molecule has 0 fully saturated rings. The highest BCUT2D eigenvalue weighted by atomic mass is 79.9. The van der Waals surface area contributed by atoms with Gasteiger partial charge in [-0.2, -0.15) is 0 Å². The summed E-state index contributed by atoms with van der Waals surface area (Å²) in [5, 5.41) is 0. The average Bonchev–Trinajstić information content (AvgIpc) is 2.00. The van der Waals surface area contributed by atoms with Crippen molar-refractivity contribution in [3.8, 4) is 0 Å². The molecule has 0 aromatic heterocycles. The smallest absolute Gasteiger partial charge is 0.249 e. The Morgan fingerprint density at radius 3 is 2.25 bits per heavy atom. The number of amides is 1. The summed E-state index contributed by atoms with van der Waals surface area (Å²) in [6.45, 7) is 0. The molecule has 1 amide bonds. The van der Waals surface area contributed by atoms with Crippen LogP contribution in [0, 0.1) is 0 Å². The SMILES string of the molecule is NC(=O)c1ccc(Br)c(Br)c1Br. The molecule has 0 aliphatic heterocycles. The van der Waals surface area contributed by atoms with E-state index < -0.39 is 5.91 Å². The molecule has 5 heteroatoms. The van der Waals surface area contributed by atoms with E-state index in [0.29, 0.717) is 10.0 Å². The Kier molecular flexibility index (Phi) is 3.31. The maximum absolute atomic E-state index is 10.8. The van der Waals surface area contributed by atoms with Crippen LogP contribution >= 0.6 is 47.8 Å². The molecule has 0 saturated heterocycles. The molecule has 1 rings (SSSR count). The van der Waals surface area contributed by atoms with Gasteiger partial charge < -0.3 is 5.73 Å². The summed E-state index contributed by atoms with van der Waals surface area (Å²) >= 11 is 9.85. The Bertz CT molecular complexity index is 338. The van der Waals surface area contributed by atoms with E-state index in [1.54, 1.807) is 12.1 Å². The first-order valence-electron chi connectivity index (χ1n) is 2.97. The van der Waals surface area contributed by atoms with Gasteiger partial charge in [0.1, 0.15) is 0 Å². The Hall–Kier alpha value is 0.130. The topological polar surface area (TPSA) is 43.1 Å². The molecule has 1 aromatic rings. The average molecular weight is 358 g/mol. The first-order valence-corrected chi connectivity index (χ1v) is 5.35. The van der Waals surface area contributed by atoms with Crippen LogP contribution in [0.15, 0.2) is 25.6 Å². The van der Waals surface area contributed by atoms with Crippen LogP contribution in [0.3, 0.4) is 0 Å². The largest absolute Gasteiger partial charge is 0.366 e. The quantitative estimate of drug-likeness (QED) is 0.771. The highest BCUT2D eigenvalue weighted by Crippen LogP contribution is 2.33. The lowest BCUT2D eigenvalue weighted by molar-refractivity contribution is 0.0999. The fourth-order valence-electron chi connectivity index (χ4n) is 0.716. The Morgan fingerprint density at radius 1 is 1.17 bits per heavy atom. The Labute approximate surface area is 94.9 Å². The highest BCUT2D eigenvalue weighted by molar-refractivity contribution is 9.14. The van der Waals surface area contributed by atoms with Gasteiger partial charge in [-0.3, -0.25) is 4.79 Å². The van der Waals surface area contributed by atoms with Crippen LogP contribution in [0.25, 0.3) is 0 Å². The summed E-state index contributed by atoms with van der Waals surface area (Å²) in [6, 6.07) is 3.41. The van der Waals surface area contributed by atoms with Crippen molar-refractivity contribution in [3.05, 3.63) is 31.1 Å². The Balaban J connectivity index is 3.36. The molecule has 0 saturated carbocycles. The lowest BCUT2D eigenvalue weighted by Crippen LogP contribution is -2.11. The third-order valence-electron chi connectivity index (χ3n) is 1.30. The fraction of sp³-hybridized carbons (Fsp3) is 0. The normalized spacial score (nSPS) is 9.92. The van der Waals surface area contributed by atoms with Crippen LogP contribution in [0.5, 0.6) is 0 Å². The van der Waals surface area contributed by atoms with E-state index in [0.717, 1.165) is 8.95 Å². The molecular formula is C7H4Br3NO. The lowest BCUT2D eigenvalue weighted by Gasteiger charge is -2.03. The van der Waals surface area contributed by atoms with Gasteiger partial charge in [-0.05, 0) is 59.9 Å². The number of benzene rings is 1. The van der Waals surface area contributed by atoms with E-state index in [2.05, 4.69) is 47.8 Å². The predicted molar refractivity (Wildman–Crippen MR) is 58.1 cm³/mol. The number of halogens is 3. The van der Waals surface area contributed by atoms with Crippen molar-refractivity contribution in [2.45, 2.75) is 0 Å². The van der Waals surface area contributed by atoms with E-state index >= 15 is 0 Å². The van der Waals surface area contributed by atoms with Crippen molar-refractivity contribution >= 4 is 53.7 Å². The van der Waals surface area contributed by atoms with Crippen molar-refractivity contribution in [3.63, 3.8) is 0 Å². The molecule has 0 unspecified atom stereocenters. The van der Waals surface area contributed by atoms with Gasteiger partial charge in [-0.15, -0.1) is 0 Å². The van der Waals surface area contributed by atoms with E-state index in [4.69, 9.17) is 5.73 Å².